The van der Waals surface area contributed by atoms with E-state index < -0.39 is 5.82 Å². The molecule has 2 rings (SSSR count). The molecule has 0 aliphatic heterocycles. The lowest BCUT2D eigenvalue weighted by Gasteiger charge is -2.11. The van der Waals surface area contributed by atoms with Crippen LogP contribution in [0, 0.1) is 17.1 Å². The monoisotopic (exact) mass is 276 g/mol. The van der Waals surface area contributed by atoms with Crippen LogP contribution in [0.4, 0.5) is 10.1 Å². The van der Waals surface area contributed by atoms with Gasteiger partial charge in [-0.2, -0.15) is 5.26 Å². The molecule has 0 atom stereocenters. The minimum Gasteiger partial charge on any atom is -0.485 e. The summed E-state index contributed by atoms with van der Waals surface area (Å²) in [5.41, 5.74) is 6.93. The van der Waals surface area contributed by atoms with E-state index in [1.54, 1.807) is 18.2 Å². The van der Waals surface area contributed by atoms with Gasteiger partial charge in [0.1, 0.15) is 12.4 Å². The number of rotatable bonds is 3. The Bertz CT molecular complexity index is 632. The molecule has 3 nitrogen and oxygen atoms in total. The van der Waals surface area contributed by atoms with Crippen molar-refractivity contribution in [2.24, 2.45) is 0 Å². The van der Waals surface area contributed by atoms with Crippen molar-refractivity contribution in [1.82, 2.24) is 0 Å². The third kappa shape index (κ3) is 2.95. The summed E-state index contributed by atoms with van der Waals surface area (Å²) in [6, 6.07) is 10.9. The second-order valence-corrected chi connectivity index (χ2v) is 4.27. The zero-order valence-corrected chi connectivity index (χ0v) is 10.6. The van der Waals surface area contributed by atoms with E-state index in [0.717, 1.165) is 0 Å². The van der Waals surface area contributed by atoms with Crippen molar-refractivity contribution in [1.29, 1.82) is 5.26 Å². The van der Waals surface area contributed by atoms with Gasteiger partial charge in [0.15, 0.2) is 5.75 Å². The fraction of sp³-hybridized carbons (Fsp3) is 0.0714. The number of nitrogens with zero attached hydrogens (tertiary/aromatic N) is 1. The summed E-state index contributed by atoms with van der Waals surface area (Å²) in [6.45, 7) is 0.0224. The maximum atomic E-state index is 13.2. The van der Waals surface area contributed by atoms with Gasteiger partial charge in [0.25, 0.3) is 0 Å². The van der Waals surface area contributed by atoms with Crippen LogP contribution in [0.3, 0.4) is 0 Å². The van der Waals surface area contributed by atoms with Crippen LogP contribution in [0.15, 0.2) is 36.4 Å². The molecular formula is C14H10ClFN2O. The van der Waals surface area contributed by atoms with E-state index in [2.05, 4.69) is 0 Å². The predicted octanol–water partition coefficient (Wildman–Crippen LogP) is 3.51. The molecule has 0 aliphatic carbocycles. The van der Waals surface area contributed by atoms with Crippen molar-refractivity contribution in [3.63, 3.8) is 0 Å². The van der Waals surface area contributed by atoms with Gasteiger partial charge in [0.05, 0.1) is 22.3 Å². The van der Waals surface area contributed by atoms with Gasteiger partial charge in [-0.15, -0.1) is 0 Å². The first kappa shape index (κ1) is 13.2. The predicted molar refractivity (Wildman–Crippen MR) is 71.3 cm³/mol. The van der Waals surface area contributed by atoms with Gasteiger partial charge in [-0.05, 0) is 30.3 Å². The van der Waals surface area contributed by atoms with Gasteiger partial charge in [-0.3, -0.25) is 0 Å². The SMILES string of the molecule is N#Cc1ccc(F)cc1COc1c(N)cccc1Cl. The summed E-state index contributed by atoms with van der Waals surface area (Å²) in [5, 5.41) is 9.31. The largest absolute Gasteiger partial charge is 0.485 e. The lowest BCUT2D eigenvalue weighted by molar-refractivity contribution is 0.307. The van der Waals surface area contributed by atoms with Gasteiger partial charge in [-0.1, -0.05) is 17.7 Å². The Kier molecular flexibility index (Phi) is 3.88. The summed E-state index contributed by atoms with van der Waals surface area (Å²) in [7, 11) is 0. The first-order chi connectivity index (χ1) is 9.11. The lowest BCUT2D eigenvalue weighted by Crippen LogP contribution is -2.01. The average molecular weight is 277 g/mol. The Balaban J connectivity index is 2.24. The van der Waals surface area contributed by atoms with Crippen molar-refractivity contribution in [3.05, 3.63) is 58.4 Å². The van der Waals surface area contributed by atoms with E-state index in [1.807, 2.05) is 6.07 Å². The van der Waals surface area contributed by atoms with Crippen molar-refractivity contribution in [3.8, 4) is 11.8 Å². The average Bonchev–Trinajstić information content (AvgIpc) is 2.38. The first-order valence-electron chi connectivity index (χ1n) is 5.47. The highest BCUT2D eigenvalue weighted by Crippen LogP contribution is 2.31. The Morgan fingerprint density at radius 1 is 1.32 bits per heavy atom. The van der Waals surface area contributed by atoms with Crippen LogP contribution in [0.2, 0.25) is 5.02 Å². The third-order valence-electron chi connectivity index (χ3n) is 2.56. The summed E-state index contributed by atoms with van der Waals surface area (Å²) in [6.07, 6.45) is 0. The molecule has 19 heavy (non-hydrogen) atoms. The van der Waals surface area contributed by atoms with Gasteiger partial charge >= 0.3 is 0 Å². The molecular weight excluding hydrogens is 267 g/mol. The Morgan fingerprint density at radius 3 is 2.79 bits per heavy atom. The fourth-order valence-electron chi connectivity index (χ4n) is 1.62. The lowest BCUT2D eigenvalue weighted by atomic mass is 10.1. The van der Waals surface area contributed by atoms with Gasteiger partial charge in [-0.25, -0.2) is 4.39 Å². The molecule has 5 heteroatoms. The molecule has 0 amide bonds. The molecule has 0 saturated heterocycles. The highest BCUT2D eigenvalue weighted by atomic mass is 35.5. The quantitative estimate of drug-likeness (QED) is 0.873. The summed E-state index contributed by atoms with van der Waals surface area (Å²) < 4.78 is 18.6. The maximum absolute atomic E-state index is 13.2. The van der Waals surface area contributed by atoms with E-state index in [4.69, 9.17) is 27.3 Å². The van der Waals surface area contributed by atoms with Gasteiger partial charge in [0, 0.05) is 5.56 Å². The van der Waals surface area contributed by atoms with E-state index >= 15 is 0 Å². The number of para-hydroxylation sites is 1. The number of anilines is 1. The number of ether oxygens (including phenoxy) is 1. The normalized spacial score (nSPS) is 9.95. The van der Waals surface area contributed by atoms with Crippen molar-refractivity contribution in [2.45, 2.75) is 6.61 Å². The number of hydrogen-bond donors (Lipinski definition) is 1. The summed E-state index contributed by atoms with van der Waals surface area (Å²) in [5.74, 6) is -0.0953. The highest BCUT2D eigenvalue weighted by molar-refractivity contribution is 6.32. The van der Waals surface area contributed by atoms with E-state index in [-0.39, 0.29) is 6.61 Å². The van der Waals surface area contributed by atoms with Crippen molar-refractivity contribution in [2.75, 3.05) is 5.73 Å². The number of benzene rings is 2. The minimum absolute atomic E-state index is 0.0224. The number of halogens is 2. The molecule has 2 N–H and O–H groups in total. The molecule has 0 aromatic heterocycles. The van der Waals surface area contributed by atoms with Gasteiger partial charge < -0.3 is 10.5 Å². The van der Waals surface area contributed by atoms with E-state index in [1.165, 1.54) is 18.2 Å². The molecule has 0 unspecified atom stereocenters. The molecule has 0 heterocycles. The van der Waals surface area contributed by atoms with Crippen LogP contribution in [0.25, 0.3) is 0 Å². The third-order valence-corrected chi connectivity index (χ3v) is 2.85. The maximum Gasteiger partial charge on any atom is 0.161 e. The first-order valence-corrected chi connectivity index (χ1v) is 5.85. The Labute approximate surface area is 115 Å². The molecule has 0 radical (unpaired) electrons. The molecule has 0 bridgehead atoms. The summed E-state index contributed by atoms with van der Waals surface area (Å²) in [4.78, 5) is 0. The van der Waals surface area contributed by atoms with Crippen LogP contribution >= 0.6 is 11.6 Å². The van der Waals surface area contributed by atoms with E-state index in [0.29, 0.717) is 27.6 Å². The van der Waals surface area contributed by atoms with Crippen LogP contribution < -0.4 is 10.5 Å². The number of nitriles is 1. The molecule has 0 aliphatic rings. The molecule has 0 fully saturated rings. The number of nitrogens with two attached hydrogens (primary N) is 1. The van der Waals surface area contributed by atoms with Gasteiger partial charge in [0.2, 0.25) is 0 Å². The fourth-order valence-corrected chi connectivity index (χ4v) is 1.85. The summed E-state index contributed by atoms with van der Waals surface area (Å²) >= 11 is 5.96. The molecule has 0 saturated carbocycles. The Hall–Kier alpha value is -2.25. The molecule has 0 spiro atoms. The van der Waals surface area contributed by atoms with E-state index in [9.17, 15) is 4.39 Å². The van der Waals surface area contributed by atoms with Crippen LogP contribution in [-0.2, 0) is 6.61 Å². The van der Waals surface area contributed by atoms with Crippen molar-refractivity contribution >= 4 is 17.3 Å². The highest BCUT2D eigenvalue weighted by Gasteiger charge is 2.09. The second kappa shape index (κ2) is 5.59. The zero-order valence-electron chi connectivity index (χ0n) is 9.86. The molecule has 96 valence electrons. The van der Waals surface area contributed by atoms with Crippen LogP contribution in [0.1, 0.15) is 11.1 Å². The minimum atomic E-state index is -0.426. The number of hydrogen-bond acceptors (Lipinski definition) is 3. The van der Waals surface area contributed by atoms with Crippen LogP contribution in [-0.4, -0.2) is 0 Å². The van der Waals surface area contributed by atoms with Crippen LogP contribution in [0.5, 0.6) is 5.75 Å². The Morgan fingerprint density at radius 2 is 2.11 bits per heavy atom. The van der Waals surface area contributed by atoms with Crippen molar-refractivity contribution < 1.29 is 9.13 Å². The standard InChI is InChI=1S/C14H10ClFN2O/c15-12-2-1-3-13(18)14(12)19-8-10-6-11(16)5-4-9(10)7-17/h1-6H,8,18H2. The topological polar surface area (TPSA) is 59.0 Å². The smallest absolute Gasteiger partial charge is 0.161 e. The second-order valence-electron chi connectivity index (χ2n) is 3.86. The number of nitrogen functional groups attached to an aromatic ring is 1. The zero-order chi connectivity index (χ0) is 13.8. The molecule has 2 aromatic rings. The molecule has 2 aromatic carbocycles.